The Balaban J connectivity index is 0.00000121. The number of allylic oxidation sites excluding steroid dienone is 1. The number of hydrogen-bond donors (Lipinski definition) is 0. The summed E-state index contributed by atoms with van der Waals surface area (Å²) < 4.78 is 0. The van der Waals surface area contributed by atoms with E-state index in [0.717, 1.165) is 6.08 Å². The number of rotatable bonds is 2. The van der Waals surface area contributed by atoms with E-state index in [-0.39, 0.29) is 35.3 Å². The van der Waals surface area contributed by atoms with Crippen LogP contribution in [0.25, 0.3) is 0 Å². The molecule has 56 valence electrons. The summed E-state index contributed by atoms with van der Waals surface area (Å²) >= 11 is 0. The van der Waals surface area contributed by atoms with Crippen molar-refractivity contribution in [3.63, 3.8) is 0 Å². The number of hydrogen-bond acceptors (Lipinski definition) is 2. The van der Waals surface area contributed by atoms with E-state index in [1.165, 1.54) is 0 Å². The van der Waals surface area contributed by atoms with Gasteiger partial charge >= 0.3 is 29.6 Å². The normalized spacial score (nSPS) is 9.33. The second-order valence-electron chi connectivity index (χ2n) is 2.03. The summed E-state index contributed by atoms with van der Waals surface area (Å²) in [4.78, 5) is 11.0. The van der Waals surface area contributed by atoms with Gasteiger partial charge in [-0.2, -0.15) is 0 Å². The molecule has 0 spiro atoms. The van der Waals surface area contributed by atoms with Crippen LogP contribution in [0.5, 0.6) is 0 Å². The van der Waals surface area contributed by atoms with Crippen LogP contribution in [-0.2, 0) is 0 Å². The maximum absolute atomic E-state index is 11.0. The van der Waals surface area contributed by atoms with E-state index in [1.54, 1.807) is 24.3 Å². The first-order valence-corrected chi connectivity index (χ1v) is 3.22. The molecule has 0 amide bonds. The van der Waals surface area contributed by atoms with E-state index in [9.17, 15) is 9.90 Å². The van der Waals surface area contributed by atoms with Gasteiger partial charge in [-0.15, -0.1) is 6.26 Å². The smallest absolute Gasteiger partial charge is 0.878 e. The van der Waals surface area contributed by atoms with Gasteiger partial charge in [0, 0.05) is 5.56 Å². The molecule has 0 fully saturated rings. The monoisotopic (exact) mass is 170 g/mol. The number of carbonyl (C=O) groups is 1. The van der Waals surface area contributed by atoms with Gasteiger partial charge in [0.1, 0.15) is 0 Å². The average Bonchev–Trinajstić information content (AvgIpc) is 2.07. The van der Waals surface area contributed by atoms with Gasteiger partial charge in [-0.05, 0) is 6.08 Å². The number of benzene rings is 1. The number of ketones is 1. The van der Waals surface area contributed by atoms with Gasteiger partial charge in [-0.1, -0.05) is 30.3 Å². The van der Waals surface area contributed by atoms with Crippen LogP contribution in [0, 0.1) is 0 Å². The van der Waals surface area contributed by atoms with Gasteiger partial charge < -0.3 is 5.11 Å². The zero-order chi connectivity index (χ0) is 8.10. The summed E-state index contributed by atoms with van der Waals surface area (Å²) in [6, 6.07) is 8.67. The first-order chi connectivity index (χ1) is 5.34. The van der Waals surface area contributed by atoms with Crippen molar-refractivity contribution in [1.82, 2.24) is 0 Å². The molecule has 1 aromatic carbocycles. The van der Waals surface area contributed by atoms with E-state index in [1.807, 2.05) is 6.07 Å². The van der Waals surface area contributed by atoms with Crippen molar-refractivity contribution >= 4 is 5.78 Å². The first kappa shape index (κ1) is 11.4. The van der Waals surface area contributed by atoms with Crippen molar-refractivity contribution < 1.29 is 39.5 Å². The molecule has 0 aromatic heterocycles. The van der Waals surface area contributed by atoms with Crippen molar-refractivity contribution in [2.24, 2.45) is 0 Å². The van der Waals surface area contributed by atoms with Gasteiger partial charge in [-0.25, -0.2) is 0 Å². The van der Waals surface area contributed by atoms with Crippen LogP contribution in [0.4, 0.5) is 0 Å². The molecule has 0 radical (unpaired) electrons. The minimum atomic E-state index is -0.249. The van der Waals surface area contributed by atoms with Crippen LogP contribution in [0.15, 0.2) is 42.7 Å². The van der Waals surface area contributed by atoms with Crippen LogP contribution >= 0.6 is 0 Å². The van der Waals surface area contributed by atoms with Gasteiger partial charge in [-0.3, -0.25) is 4.79 Å². The molecule has 1 aromatic rings. The molecule has 0 aliphatic heterocycles. The van der Waals surface area contributed by atoms with Crippen LogP contribution < -0.4 is 34.7 Å². The van der Waals surface area contributed by atoms with Gasteiger partial charge in [0.05, 0.1) is 0 Å². The minimum Gasteiger partial charge on any atom is -0.878 e. The fourth-order valence-corrected chi connectivity index (χ4v) is 0.760. The van der Waals surface area contributed by atoms with E-state index in [2.05, 4.69) is 0 Å². The third-order valence-corrected chi connectivity index (χ3v) is 1.28. The van der Waals surface area contributed by atoms with Crippen molar-refractivity contribution in [3.8, 4) is 0 Å². The van der Waals surface area contributed by atoms with Crippen molar-refractivity contribution in [2.75, 3.05) is 0 Å². The SMILES string of the molecule is O=C(/C=C/[O-])c1ccccc1.[Na+]. The molecular formula is C9H7NaO2. The molecular weight excluding hydrogens is 163 g/mol. The van der Waals surface area contributed by atoms with Gasteiger partial charge in [0.2, 0.25) is 0 Å². The minimum absolute atomic E-state index is 0. The van der Waals surface area contributed by atoms with E-state index >= 15 is 0 Å². The molecule has 0 bridgehead atoms. The van der Waals surface area contributed by atoms with Gasteiger partial charge in [0.25, 0.3) is 0 Å². The van der Waals surface area contributed by atoms with Crippen molar-refractivity contribution in [2.45, 2.75) is 0 Å². The Morgan fingerprint density at radius 1 is 1.25 bits per heavy atom. The standard InChI is InChI=1S/C9H8O2.Na/c10-7-6-9(11)8-4-2-1-3-5-8;/h1-7,10H;/q;+1/p-1/b7-6+;. The molecule has 12 heavy (non-hydrogen) atoms. The third kappa shape index (κ3) is 3.22. The maximum atomic E-state index is 11.0. The van der Waals surface area contributed by atoms with Crippen LogP contribution in [-0.4, -0.2) is 5.78 Å². The van der Waals surface area contributed by atoms with E-state index < -0.39 is 0 Å². The summed E-state index contributed by atoms with van der Waals surface area (Å²) in [5.74, 6) is -0.249. The van der Waals surface area contributed by atoms with Gasteiger partial charge in [0.15, 0.2) is 5.78 Å². The van der Waals surface area contributed by atoms with Crippen LogP contribution in [0.1, 0.15) is 10.4 Å². The molecule has 0 heterocycles. The Kier molecular flexibility index (Phi) is 5.72. The second kappa shape index (κ2) is 6.00. The molecule has 0 saturated heterocycles. The predicted octanol–water partition coefficient (Wildman–Crippen LogP) is -2.25. The van der Waals surface area contributed by atoms with Crippen molar-refractivity contribution in [3.05, 3.63) is 48.2 Å². The van der Waals surface area contributed by atoms with Crippen LogP contribution in [0.3, 0.4) is 0 Å². The fourth-order valence-electron chi connectivity index (χ4n) is 0.760. The Morgan fingerprint density at radius 3 is 2.33 bits per heavy atom. The molecule has 0 aliphatic rings. The van der Waals surface area contributed by atoms with E-state index in [4.69, 9.17) is 0 Å². The average molecular weight is 170 g/mol. The molecule has 1 rings (SSSR count). The summed E-state index contributed by atoms with van der Waals surface area (Å²) in [6.07, 6.45) is 1.50. The molecule has 0 N–H and O–H groups in total. The predicted molar refractivity (Wildman–Crippen MR) is 39.9 cm³/mol. The topological polar surface area (TPSA) is 40.1 Å². The maximum Gasteiger partial charge on any atom is 1.00 e. The Bertz CT molecular complexity index is 267. The Hall–Kier alpha value is -0.570. The summed E-state index contributed by atoms with van der Waals surface area (Å²) in [5.41, 5.74) is 0.541. The van der Waals surface area contributed by atoms with E-state index in [0.29, 0.717) is 11.8 Å². The second-order valence-corrected chi connectivity index (χ2v) is 2.03. The molecule has 0 unspecified atom stereocenters. The molecule has 3 heteroatoms. The first-order valence-electron chi connectivity index (χ1n) is 3.22. The fraction of sp³-hybridized carbons (Fsp3) is 0. The Morgan fingerprint density at radius 2 is 1.83 bits per heavy atom. The zero-order valence-corrected chi connectivity index (χ0v) is 8.86. The molecule has 0 aliphatic carbocycles. The zero-order valence-electron chi connectivity index (χ0n) is 6.86. The molecule has 2 nitrogen and oxygen atoms in total. The molecule has 0 atom stereocenters. The number of carbonyl (C=O) groups excluding carboxylic acids is 1. The van der Waals surface area contributed by atoms with Crippen LogP contribution in [0.2, 0.25) is 0 Å². The largest absolute Gasteiger partial charge is 1.00 e. The summed E-state index contributed by atoms with van der Waals surface area (Å²) in [6.45, 7) is 0. The summed E-state index contributed by atoms with van der Waals surface area (Å²) in [7, 11) is 0. The summed E-state index contributed by atoms with van der Waals surface area (Å²) in [5, 5.41) is 9.91. The van der Waals surface area contributed by atoms with Crippen molar-refractivity contribution in [1.29, 1.82) is 0 Å². The third-order valence-electron chi connectivity index (χ3n) is 1.28. The molecule has 0 saturated carbocycles. The quantitative estimate of drug-likeness (QED) is 0.218. The Labute approximate surface area is 93.2 Å².